The maximum atomic E-state index is 12.5. The van der Waals surface area contributed by atoms with Crippen LogP contribution in [0.4, 0.5) is 11.4 Å². The molecule has 1 N–H and O–H groups in total. The van der Waals surface area contributed by atoms with Crippen molar-refractivity contribution in [2.45, 2.75) is 20.4 Å². The normalized spacial score (nSPS) is 10.8. The van der Waals surface area contributed by atoms with Crippen LogP contribution in [-0.2, 0) is 11.3 Å². The quantitative estimate of drug-likeness (QED) is 0.662. The average Bonchev–Trinajstić information content (AvgIpc) is 2.56. The van der Waals surface area contributed by atoms with Gasteiger partial charge in [0.2, 0.25) is 5.91 Å². The van der Waals surface area contributed by atoms with Gasteiger partial charge in [-0.25, -0.2) is 0 Å². The molecular weight excluding hydrogens is 324 g/mol. The van der Waals surface area contributed by atoms with Crippen molar-refractivity contribution in [3.63, 3.8) is 0 Å². The van der Waals surface area contributed by atoms with E-state index in [4.69, 9.17) is 5.26 Å². The molecular formula is C17H16N4O4. The fraction of sp³-hybridized carbons (Fsp3) is 0.235. The van der Waals surface area contributed by atoms with E-state index in [9.17, 15) is 19.7 Å². The molecule has 8 heteroatoms. The fourth-order valence-electron chi connectivity index (χ4n) is 2.21. The van der Waals surface area contributed by atoms with Gasteiger partial charge in [0.1, 0.15) is 0 Å². The number of carbonyl (C=O) groups excluding carboxylic acids is 1. The van der Waals surface area contributed by atoms with Crippen LogP contribution in [0.15, 0.2) is 47.4 Å². The second kappa shape index (κ2) is 6.97. The number of nitriles is 1. The summed E-state index contributed by atoms with van der Waals surface area (Å²) >= 11 is 0. The van der Waals surface area contributed by atoms with Crippen molar-refractivity contribution in [1.82, 2.24) is 4.57 Å². The highest BCUT2D eigenvalue weighted by atomic mass is 16.6. The topological polar surface area (TPSA) is 118 Å². The minimum Gasteiger partial charge on any atom is -0.326 e. The first-order chi connectivity index (χ1) is 11.7. The molecule has 2 rings (SSSR count). The number of carbonyl (C=O) groups is 1. The molecule has 0 fully saturated rings. The number of rotatable bonds is 5. The van der Waals surface area contributed by atoms with Gasteiger partial charge >= 0.3 is 0 Å². The van der Waals surface area contributed by atoms with Crippen LogP contribution in [0.5, 0.6) is 0 Å². The predicted octanol–water partition coefficient (Wildman–Crippen LogP) is 2.29. The number of hydrogen-bond acceptors (Lipinski definition) is 5. The third kappa shape index (κ3) is 4.29. The molecule has 0 aliphatic rings. The Bertz CT molecular complexity index is 925. The number of nitrogens with zero attached hydrogens (tertiary/aromatic N) is 3. The maximum Gasteiger partial charge on any atom is 0.285 e. The second-order valence-electron chi connectivity index (χ2n) is 6.14. The minimum absolute atomic E-state index is 0.0305. The summed E-state index contributed by atoms with van der Waals surface area (Å²) in [7, 11) is 0. The molecule has 1 heterocycles. The van der Waals surface area contributed by atoms with Gasteiger partial charge in [-0.15, -0.1) is 0 Å². The standard InChI is InChI=1S/C17H16N4O4/c1-17(2,11-20-10-14(21(24)25)6-7-15(20)22)16(23)19-13-5-3-4-12(8-13)9-18/h3-8,10H,11H2,1-2H3,(H,19,23). The third-order valence-electron chi connectivity index (χ3n) is 3.61. The van der Waals surface area contributed by atoms with Crippen LogP contribution in [-0.4, -0.2) is 15.4 Å². The molecule has 0 saturated carbocycles. The molecule has 0 saturated heterocycles. The van der Waals surface area contributed by atoms with E-state index in [1.165, 1.54) is 6.07 Å². The lowest BCUT2D eigenvalue weighted by Gasteiger charge is -2.24. The largest absolute Gasteiger partial charge is 0.326 e. The molecule has 128 valence electrons. The van der Waals surface area contributed by atoms with Gasteiger partial charge in [-0.3, -0.25) is 19.7 Å². The van der Waals surface area contributed by atoms with Gasteiger partial charge < -0.3 is 9.88 Å². The summed E-state index contributed by atoms with van der Waals surface area (Å²) in [6.07, 6.45) is 1.12. The first-order valence-electron chi connectivity index (χ1n) is 7.39. The zero-order chi connectivity index (χ0) is 18.6. The van der Waals surface area contributed by atoms with Crippen LogP contribution in [0.25, 0.3) is 0 Å². The van der Waals surface area contributed by atoms with Crippen molar-refractivity contribution in [3.8, 4) is 6.07 Å². The van der Waals surface area contributed by atoms with Crippen LogP contribution in [0, 0.1) is 26.9 Å². The molecule has 1 aromatic heterocycles. The fourth-order valence-corrected chi connectivity index (χ4v) is 2.21. The molecule has 2 aromatic rings. The number of pyridine rings is 1. The van der Waals surface area contributed by atoms with Gasteiger partial charge in [0.05, 0.1) is 28.2 Å². The smallest absolute Gasteiger partial charge is 0.285 e. The number of nitrogens with one attached hydrogen (secondary N) is 1. The molecule has 0 aliphatic carbocycles. The Morgan fingerprint density at radius 3 is 2.72 bits per heavy atom. The monoisotopic (exact) mass is 340 g/mol. The van der Waals surface area contributed by atoms with E-state index in [1.807, 2.05) is 6.07 Å². The lowest BCUT2D eigenvalue weighted by atomic mass is 9.92. The minimum atomic E-state index is -1.01. The number of aromatic nitrogens is 1. The summed E-state index contributed by atoms with van der Waals surface area (Å²) in [5.74, 6) is -0.374. The number of hydrogen-bond donors (Lipinski definition) is 1. The van der Waals surface area contributed by atoms with Crippen LogP contribution in [0.3, 0.4) is 0 Å². The van der Waals surface area contributed by atoms with E-state index in [2.05, 4.69) is 5.32 Å². The second-order valence-corrected chi connectivity index (χ2v) is 6.14. The Morgan fingerprint density at radius 1 is 1.36 bits per heavy atom. The Balaban J connectivity index is 2.22. The van der Waals surface area contributed by atoms with E-state index in [-0.39, 0.29) is 18.1 Å². The van der Waals surface area contributed by atoms with Crippen molar-refractivity contribution in [2.24, 2.45) is 5.41 Å². The van der Waals surface area contributed by atoms with Gasteiger partial charge in [0.25, 0.3) is 11.2 Å². The van der Waals surface area contributed by atoms with E-state index < -0.39 is 15.9 Å². The number of amides is 1. The van der Waals surface area contributed by atoms with Crippen LogP contribution in [0.2, 0.25) is 0 Å². The molecule has 25 heavy (non-hydrogen) atoms. The van der Waals surface area contributed by atoms with Crippen molar-refractivity contribution in [3.05, 3.63) is 68.6 Å². The summed E-state index contributed by atoms with van der Waals surface area (Å²) in [6, 6.07) is 10.6. The predicted molar refractivity (Wildman–Crippen MR) is 90.9 cm³/mol. The number of benzene rings is 1. The molecule has 0 radical (unpaired) electrons. The molecule has 0 spiro atoms. The Labute approximate surface area is 143 Å². The number of anilines is 1. The van der Waals surface area contributed by atoms with E-state index in [0.717, 1.165) is 22.9 Å². The first kappa shape index (κ1) is 17.9. The molecule has 0 unspecified atom stereocenters. The maximum absolute atomic E-state index is 12.5. The number of nitro groups is 1. The zero-order valence-corrected chi connectivity index (χ0v) is 13.7. The molecule has 8 nitrogen and oxygen atoms in total. The van der Waals surface area contributed by atoms with Crippen LogP contribution < -0.4 is 10.9 Å². The van der Waals surface area contributed by atoms with E-state index in [1.54, 1.807) is 32.0 Å². The molecule has 0 aliphatic heterocycles. The third-order valence-corrected chi connectivity index (χ3v) is 3.61. The Kier molecular flexibility index (Phi) is 4.98. The lowest BCUT2D eigenvalue weighted by Crippen LogP contribution is -2.37. The van der Waals surface area contributed by atoms with Crippen molar-refractivity contribution in [2.75, 3.05) is 5.32 Å². The highest BCUT2D eigenvalue weighted by Crippen LogP contribution is 2.22. The Hall–Kier alpha value is -3.47. The summed E-state index contributed by atoms with van der Waals surface area (Å²) in [6.45, 7) is 3.22. The average molecular weight is 340 g/mol. The van der Waals surface area contributed by atoms with Gasteiger partial charge in [-0.1, -0.05) is 6.07 Å². The van der Waals surface area contributed by atoms with Crippen LogP contribution in [0.1, 0.15) is 19.4 Å². The van der Waals surface area contributed by atoms with Gasteiger partial charge in [0.15, 0.2) is 0 Å². The molecule has 0 atom stereocenters. The Morgan fingerprint density at radius 2 is 2.08 bits per heavy atom. The first-order valence-corrected chi connectivity index (χ1v) is 7.39. The summed E-state index contributed by atoms with van der Waals surface area (Å²) < 4.78 is 1.14. The highest BCUT2D eigenvalue weighted by Gasteiger charge is 2.29. The van der Waals surface area contributed by atoms with E-state index >= 15 is 0 Å². The van der Waals surface area contributed by atoms with Crippen molar-refractivity contribution >= 4 is 17.3 Å². The van der Waals surface area contributed by atoms with Gasteiger partial charge in [0, 0.05) is 24.4 Å². The SMILES string of the molecule is CC(C)(Cn1cc([N+](=O)[O-])ccc1=O)C(=O)Nc1cccc(C#N)c1. The van der Waals surface area contributed by atoms with Crippen molar-refractivity contribution in [1.29, 1.82) is 5.26 Å². The van der Waals surface area contributed by atoms with Gasteiger partial charge in [-0.05, 0) is 32.0 Å². The van der Waals surface area contributed by atoms with Crippen molar-refractivity contribution < 1.29 is 9.72 Å². The molecule has 0 bridgehead atoms. The lowest BCUT2D eigenvalue weighted by molar-refractivity contribution is -0.385. The zero-order valence-electron chi connectivity index (χ0n) is 13.7. The summed E-state index contributed by atoms with van der Waals surface area (Å²) in [5.41, 5.74) is -0.800. The molecule has 1 aromatic carbocycles. The summed E-state index contributed by atoms with van der Waals surface area (Å²) in [4.78, 5) is 34.7. The van der Waals surface area contributed by atoms with Crippen LogP contribution >= 0.6 is 0 Å². The highest BCUT2D eigenvalue weighted by molar-refractivity contribution is 5.94. The van der Waals surface area contributed by atoms with E-state index in [0.29, 0.717) is 11.3 Å². The summed E-state index contributed by atoms with van der Waals surface area (Å²) in [5, 5.41) is 22.4. The van der Waals surface area contributed by atoms with Gasteiger partial charge in [-0.2, -0.15) is 5.26 Å². The molecule has 1 amide bonds.